The summed E-state index contributed by atoms with van der Waals surface area (Å²) >= 11 is 1.58. The number of hydrogen-bond acceptors (Lipinski definition) is 5. The molecule has 0 bridgehead atoms. The molecular formula is C18H22N4O3S. The highest BCUT2D eigenvalue weighted by Gasteiger charge is 2.16. The molecule has 0 radical (unpaired) electrons. The van der Waals surface area contributed by atoms with Crippen molar-refractivity contribution in [3.05, 3.63) is 34.7 Å². The van der Waals surface area contributed by atoms with Crippen LogP contribution in [0.4, 0.5) is 10.5 Å². The van der Waals surface area contributed by atoms with Crippen molar-refractivity contribution in [2.75, 3.05) is 38.2 Å². The second-order valence-electron chi connectivity index (χ2n) is 5.97. The monoisotopic (exact) mass is 374 g/mol. The average molecular weight is 374 g/mol. The SMILES string of the molecule is CC(=O)Nc1ccc(-c2csc(CCNC(=O)N3CCOCC3)n2)cc1. The quantitative estimate of drug-likeness (QED) is 0.842. The fourth-order valence-electron chi connectivity index (χ4n) is 2.64. The first-order chi connectivity index (χ1) is 12.6. The van der Waals surface area contributed by atoms with Crippen molar-refractivity contribution >= 4 is 29.0 Å². The Morgan fingerprint density at radius 1 is 1.23 bits per heavy atom. The number of thiazole rings is 1. The van der Waals surface area contributed by atoms with Gasteiger partial charge in [-0.05, 0) is 12.1 Å². The molecule has 2 heterocycles. The Hall–Kier alpha value is -2.45. The zero-order valence-electron chi connectivity index (χ0n) is 14.7. The van der Waals surface area contributed by atoms with Gasteiger partial charge in [-0.3, -0.25) is 4.79 Å². The van der Waals surface area contributed by atoms with E-state index in [2.05, 4.69) is 15.6 Å². The van der Waals surface area contributed by atoms with Gasteiger partial charge < -0.3 is 20.3 Å². The van der Waals surface area contributed by atoms with E-state index >= 15 is 0 Å². The second-order valence-corrected chi connectivity index (χ2v) is 6.91. The van der Waals surface area contributed by atoms with Crippen molar-refractivity contribution in [2.24, 2.45) is 0 Å². The topological polar surface area (TPSA) is 83.6 Å². The van der Waals surface area contributed by atoms with Gasteiger partial charge in [-0.15, -0.1) is 11.3 Å². The van der Waals surface area contributed by atoms with Gasteiger partial charge in [0.05, 0.1) is 23.9 Å². The Balaban J connectivity index is 1.49. The van der Waals surface area contributed by atoms with Gasteiger partial charge in [0.15, 0.2) is 0 Å². The number of rotatable bonds is 5. The molecule has 3 amide bonds. The zero-order chi connectivity index (χ0) is 18.4. The Morgan fingerprint density at radius 3 is 2.65 bits per heavy atom. The molecule has 7 nitrogen and oxygen atoms in total. The van der Waals surface area contributed by atoms with E-state index in [4.69, 9.17) is 4.74 Å². The minimum atomic E-state index is -0.0900. The number of nitrogens with zero attached hydrogens (tertiary/aromatic N) is 2. The highest BCUT2D eigenvalue weighted by molar-refractivity contribution is 7.09. The third-order valence-corrected chi connectivity index (χ3v) is 4.87. The van der Waals surface area contributed by atoms with Gasteiger partial charge in [-0.1, -0.05) is 12.1 Å². The molecule has 1 saturated heterocycles. The van der Waals surface area contributed by atoms with E-state index in [9.17, 15) is 9.59 Å². The van der Waals surface area contributed by atoms with Crippen molar-refractivity contribution < 1.29 is 14.3 Å². The van der Waals surface area contributed by atoms with E-state index in [1.165, 1.54) is 6.92 Å². The normalized spacial score (nSPS) is 14.1. The number of urea groups is 1. The number of nitrogens with one attached hydrogen (secondary N) is 2. The van der Waals surface area contributed by atoms with E-state index in [1.54, 1.807) is 16.2 Å². The first-order valence-electron chi connectivity index (χ1n) is 8.55. The number of carbonyl (C=O) groups is 2. The van der Waals surface area contributed by atoms with Crippen molar-refractivity contribution in [1.82, 2.24) is 15.2 Å². The number of morpholine rings is 1. The molecule has 3 rings (SSSR count). The van der Waals surface area contributed by atoms with Gasteiger partial charge in [-0.2, -0.15) is 0 Å². The molecule has 1 aromatic carbocycles. The summed E-state index contributed by atoms with van der Waals surface area (Å²) in [6.45, 7) is 4.53. The Labute approximate surface area is 156 Å². The van der Waals surface area contributed by atoms with Crippen LogP contribution in [-0.4, -0.2) is 54.7 Å². The summed E-state index contributed by atoms with van der Waals surface area (Å²) in [5, 5.41) is 8.67. The predicted octanol–water partition coefficient (Wildman–Crippen LogP) is 2.35. The number of hydrogen-bond donors (Lipinski definition) is 2. The number of anilines is 1. The van der Waals surface area contributed by atoms with Crippen LogP contribution in [-0.2, 0) is 16.0 Å². The molecular weight excluding hydrogens is 352 g/mol. The number of ether oxygens (including phenoxy) is 1. The molecule has 2 N–H and O–H groups in total. The third-order valence-electron chi connectivity index (χ3n) is 3.97. The van der Waals surface area contributed by atoms with Crippen LogP contribution in [0, 0.1) is 0 Å². The van der Waals surface area contributed by atoms with Crippen LogP contribution < -0.4 is 10.6 Å². The maximum absolute atomic E-state index is 12.0. The van der Waals surface area contributed by atoms with Gasteiger partial charge >= 0.3 is 6.03 Å². The zero-order valence-corrected chi connectivity index (χ0v) is 15.5. The highest BCUT2D eigenvalue weighted by Crippen LogP contribution is 2.23. The molecule has 0 unspecified atom stereocenters. The standard InChI is InChI=1S/C18H22N4O3S/c1-13(23)20-15-4-2-14(3-5-15)16-12-26-17(21-16)6-7-19-18(24)22-8-10-25-11-9-22/h2-5,12H,6-11H2,1H3,(H,19,24)(H,20,23). The lowest BCUT2D eigenvalue weighted by molar-refractivity contribution is -0.114. The fourth-order valence-corrected chi connectivity index (χ4v) is 3.45. The smallest absolute Gasteiger partial charge is 0.317 e. The van der Waals surface area contributed by atoms with E-state index in [0.29, 0.717) is 39.3 Å². The molecule has 1 aliphatic heterocycles. The summed E-state index contributed by atoms with van der Waals surface area (Å²) in [7, 11) is 0. The molecule has 2 aromatic rings. The summed E-state index contributed by atoms with van der Waals surface area (Å²) in [6.07, 6.45) is 0.699. The number of aromatic nitrogens is 1. The molecule has 0 spiro atoms. The van der Waals surface area contributed by atoms with Crippen LogP contribution in [0.2, 0.25) is 0 Å². The van der Waals surface area contributed by atoms with Crippen molar-refractivity contribution in [1.29, 1.82) is 0 Å². The van der Waals surface area contributed by atoms with Gasteiger partial charge in [0, 0.05) is 49.6 Å². The van der Waals surface area contributed by atoms with Crippen molar-refractivity contribution in [2.45, 2.75) is 13.3 Å². The summed E-state index contributed by atoms with van der Waals surface area (Å²) in [5.74, 6) is -0.0900. The molecule has 1 aromatic heterocycles. The van der Waals surface area contributed by atoms with Gasteiger partial charge in [-0.25, -0.2) is 9.78 Å². The maximum atomic E-state index is 12.0. The summed E-state index contributed by atoms with van der Waals surface area (Å²) in [5.41, 5.74) is 2.67. The fraction of sp³-hybridized carbons (Fsp3) is 0.389. The molecule has 1 aliphatic rings. The predicted molar refractivity (Wildman–Crippen MR) is 101 cm³/mol. The van der Waals surface area contributed by atoms with Crippen LogP contribution in [0.15, 0.2) is 29.6 Å². The largest absolute Gasteiger partial charge is 0.378 e. The van der Waals surface area contributed by atoms with Crippen LogP contribution >= 0.6 is 11.3 Å². The lowest BCUT2D eigenvalue weighted by atomic mass is 10.1. The number of benzene rings is 1. The molecule has 0 saturated carbocycles. The minimum Gasteiger partial charge on any atom is -0.378 e. The lowest BCUT2D eigenvalue weighted by Gasteiger charge is -2.26. The Kier molecular flexibility index (Phi) is 6.19. The maximum Gasteiger partial charge on any atom is 0.317 e. The van der Waals surface area contributed by atoms with Gasteiger partial charge in [0.1, 0.15) is 0 Å². The molecule has 26 heavy (non-hydrogen) atoms. The molecule has 8 heteroatoms. The van der Waals surface area contributed by atoms with Crippen LogP contribution in [0.5, 0.6) is 0 Å². The summed E-state index contributed by atoms with van der Waals surface area (Å²) < 4.78 is 5.24. The minimum absolute atomic E-state index is 0.0429. The number of amides is 3. The van der Waals surface area contributed by atoms with Gasteiger partial charge in [0.25, 0.3) is 0 Å². The third kappa shape index (κ3) is 5.03. The second kappa shape index (κ2) is 8.77. The average Bonchev–Trinajstić information content (AvgIpc) is 3.11. The summed E-state index contributed by atoms with van der Waals surface area (Å²) in [6, 6.07) is 7.55. The Morgan fingerprint density at radius 2 is 1.96 bits per heavy atom. The van der Waals surface area contributed by atoms with Crippen LogP contribution in [0.25, 0.3) is 11.3 Å². The lowest BCUT2D eigenvalue weighted by Crippen LogP contribution is -2.46. The van der Waals surface area contributed by atoms with Crippen LogP contribution in [0.1, 0.15) is 11.9 Å². The van der Waals surface area contributed by atoms with Gasteiger partial charge in [0.2, 0.25) is 5.91 Å². The van der Waals surface area contributed by atoms with E-state index in [-0.39, 0.29) is 11.9 Å². The molecule has 1 fully saturated rings. The highest BCUT2D eigenvalue weighted by atomic mass is 32.1. The Bertz CT molecular complexity index is 754. The molecule has 0 atom stereocenters. The van der Waals surface area contributed by atoms with Crippen molar-refractivity contribution in [3.8, 4) is 11.3 Å². The van der Waals surface area contributed by atoms with E-state index in [0.717, 1.165) is 22.0 Å². The molecule has 0 aliphatic carbocycles. The van der Waals surface area contributed by atoms with E-state index in [1.807, 2.05) is 29.6 Å². The number of carbonyl (C=O) groups excluding carboxylic acids is 2. The first-order valence-corrected chi connectivity index (χ1v) is 9.43. The first kappa shape index (κ1) is 18.3. The van der Waals surface area contributed by atoms with Crippen molar-refractivity contribution in [3.63, 3.8) is 0 Å². The van der Waals surface area contributed by atoms with E-state index < -0.39 is 0 Å². The van der Waals surface area contributed by atoms with Crippen LogP contribution in [0.3, 0.4) is 0 Å². The molecule has 138 valence electrons. The summed E-state index contributed by atoms with van der Waals surface area (Å²) in [4.78, 5) is 29.5.